The summed E-state index contributed by atoms with van der Waals surface area (Å²) in [5.74, 6) is 0.483. The quantitative estimate of drug-likeness (QED) is 0.752. The first-order valence-corrected chi connectivity index (χ1v) is 8.92. The lowest BCUT2D eigenvalue weighted by molar-refractivity contribution is -0.121. The molecule has 0 radical (unpaired) electrons. The van der Waals surface area contributed by atoms with Gasteiger partial charge in [-0.1, -0.05) is 0 Å². The van der Waals surface area contributed by atoms with Gasteiger partial charge in [-0.15, -0.1) is 0 Å². The molecule has 0 saturated heterocycles. The van der Waals surface area contributed by atoms with Crippen molar-refractivity contribution in [1.82, 2.24) is 30.0 Å². The average Bonchev–Trinajstić information content (AvgIpc) is 2.90. The van der Waals surface area contributed by atoms with Crippen molar-refractivity contribution in [3.05, 3.63) is 64.5 Å². The fourth-order valence-corrected chi connectivity index (χ4v) is 3.12. The molecule has 1 N–H and O–H groups in total. The molecule has 1 amide bonds. The van der Waals surface area contributed by atoms with E-state index in [1.807, 2.05) is 52.8 Å². The highest BCUT2D eigenvalue weighted by Crippen LogP contribution is 2.18. The van der Waals surface area contributed by atoms with Crippen LogP contribution in [0.5, 0.6) is 0 Å². The van der Waals surface area contributed by atoms with Gasteiger partial charge >= 0.3 is 0 Å². The molecule has 3 aromatic rings. The minimum atomic E-state index is -0.0843. The molecule has 0 aromatic carbocycles. The van der Waals surface area contributed by atoms with Gasteiger partial charge in [-0.05, 0) is 58.4 Å². The first-order chi connectivity index (χ1) is 12.8. The molecule has 140 valence electrons. The standard InChI is InChI=1S/C20H24N6O/c1-12-10-13(2)23-20(22-12)26-16(5)18(15(4)25-26)11-19(27)24-14(3)17-6-8-21-9-7-17/h6-10,14H,11H2,1-5H3,(H,24,27). The fraction of sp³-hybridized carbons (Fsp3) is 0.350. The normalized spacial score (nSPS) is 12.0. The van der Waals surface area contributed by atoms with Crippen LogP contribution < -0.4 is 5.32 Å². The summed E-state index contributed by atoms with van der Waals surface area (Å²) < 4.78 is 1.71. The Morgan fingerprint density at radius 2 is 1.74 bits per heavy atom. The van der Waals surface area contributed by atoms with E-state index >= 15 is 0 Å². The smallest absolute Gasteiger partial charge is 0.251 e. The maximum absolute atomic E-state index is 12.6. The average molecular weight is 364 g/mol. The molecule has 0 fully saturated rings. The zero-order valence-corrected chi connectivity index (χ0v) is 16.3. The van der Waals surface area contributed by atoms with Crippen LogP contribution in [0.15, 0.2) is 30.6 Å². The van der Waals surface area contributed by atoms with Crippen LogP contribution in [0, 0.1) is 27.7 Å². The predicted molar refractivity (Wildman–Crippen MR) is 103 cm³/mol. The van der Waals surface area contributed by atoms with Crippen molar-refractivity contribution < 1.29 is 4.79 Å². The third kappa shape index (κ3) is 4.19. The Kier molecular flexibility index (Phi) is 5.30. The molecule has 27 heavy (non-hydrogen) atoms. The highest BCUT2D eigenvalue weighted by Gasteiger charge is 2.18. The van der Waals surface area contributed by atoms with Gasteiger partial charge in [-0.25, -0.2) is 14.6 Å². The number of rotatable bonds is 5. The minimum absolute atomic E-state index is 0.0496. The molecule has 7 heteroatoms. The van der Waals surface area contributed by atoms with E-state index in [-0.39, 0.29) is 18.4 Å². The van der Waals surface area contributed by atoms with E-state index in [9.17, 15) is 4.79 Å². The lowest BCUT2D eigenvalue weighted by atomic mass is 10.1. The van der Waals surface area contributed by atoms with Gasteiger partial charge in [-0.2, -0.15) is 5.10 Å². The molecule has 0 aliphatic heterocycles. The molecule has 0 saturated carbocycles. The van der Waals surface area contributed by atoms with Crippen LogP contribution in [0.1, 0.15) is 46.9 Å². The van der Waals surface area contributed by atoms with Crippen LogP contribution in [0.25, 0.3) is 5.95 Å². The van der Waals surface area contributed by atoms with E-state index in [4.69, 9.17) is 0 Å². The number of hydrogen-bond donors (Lipinski definition) is 1. The molecule has 0 spiro atoms. The highest BCUT2D eigenvalue weighted by atomic mass is 16.1. The summed E-state index contributed by atoms with van der Waals surface area (Å²) in [5, 5.41) is 7.59. The molecular weight excluding hydrogens is 340 g/mol. The Balaban J connectivity index is 1.79. The minimum Gasteiger partial charge on any atom is -0.349 e. The Morgan fingerprint density at radius 3 is 2.37 bits per heavy atom. The van der Waals surface area contributed by atoms with Crippen LogP contribution in [0.4, 0.5) is 0 Å². The molecule has 7 nitrogen and oxygen atoms in total. The largest absolute Gasteiger partial charge is 0.349 e. The second-order valence-corrected chi connectivity index (χ2v) is 6.76. The number of hydrogen-bond acceptors (Lipinski definition) is 5. The van der Waals surface area contributed by atoms with Crippen molar-refractivity contribution in [3.63, 3.8) is 0 Å². The molecule has 0 aliphatic carbocycles. The van der Waals surface area contributed by atoms with Gasteiger partial charge in [0, 0.05) is 35.0 Å². The summed E-state index contributed by atoms with van der Waals surface area (Å²) in [6.07, 6.45) is 3.71. The first kappa shape index (κ1) is 18.7. The number of nitrogens with zero attached hydrogens (tertiary/aromatic N) is 5. The summed E-state index contributed by atoms with van der Waals surface area (Å²) >= 11 is 0. The molecule has 3 rings (SSSR count). The zero-order chi connectivity index (χ0) is 19.6. The summed E-state index contributed by atoms with van der Waals surface area (Å²) in [6, 6.07) is 5.64. The first-order valence-electron chi connectivity index (χ1n) is 8.92. The number of aromatic nitrogens is 5. The Labute approximate surface area is 158 Å². The number of aryl methyl sites for hydroxylation is 3. The van der Waals surface area contributed by atoms with E-state index in [2.05, 4.69) is 25.4 Å². The topological polar surface area (TPSA) is 85.6 Å². The van der Waals surface area contributed by atoms with Crippen LogP contribution in [0.3, 0.4) is 0 Å². The SMILES string of the molecule is Cc1cc(C)nc(-n2nc(C)c(CC(=O)NC(C)c3ccncc3)c2C)n1. The Morgan fingerprint density at radius 1 is 1.11 bits per heavy atom. The van der Waals surface area contributed by atoms with Gasteiger partial charge in [0.05, 0.1) is 18.2 Å². The summed E-state index contributed by atoms with van der Waals surface area (Å²) in [4.78, 5) is 25.5. The molecule has 1 unspecified atom stereocenters. The number of amides is 1. The third-order valence-electron chi connectivity index (χ3n) is 4.52. The van der Waals surface area contributed by atoms with E-state index in [1.165, 1.54) is 0 Å². The number of pyridine rings is 1. The van der Waals surface area contributed by atoms with Gasteiger partial charge in [0.25, 0.3) is 5.95 Å². The summed E-state index contributed by atoms with van der Waals surface area (Å²) in [7, 11) is 0. The molecule has 0 bridgehead atoms. The molecular formula is C20H24N6O. The lowest BCUT2D eigenvalue weighted by Gasteiger charge is -2.14. The van der Waals surface area contributed by atoms with Gasteiger partial charge < -0.3 is 5.32 Å². The summed E-state index contributed by atoms with van der Waals surface area (Å²) in [6.45, 7) is 9.66. The van der Waals surface area contributed by atoms with Gasteiger partial charge in [0.2, 0.25) is 5.91 Å². The van der Waals surface area contributed by atoms with Crippen LogP contribution in [-0.2, 0) is 11.2 Å². The van der Waals surface area contributed by atoms with Gasteiger partial charge in [0.15, 0.2) is 0 Å². The van der Waals surface area contributed by atoms with Gasteiger partial charge in [0.1, 0.15) is 0 Å². The van der Waals surface area contributed by atoms with Crippen molar-refractivity contribution in [3.8, 4) is 5.95 Å². The highest BCUT2D eigenvalue weighted by molar-refractivity contribution is 5.79. The van der Waals surface area contributed by atoms with Crippen molar-refractivity contribution in [2.24, 2.45) is 0 Å². The van der Waals surface area contributed by atoms with E-state index in [0.29, 0.717) is 5.95 Å². The predicted octanol–water partition coefficient (Wildman–Crippen LogP) is 2.71. The molecule has 3 heterocycles. The van der Waals surface area contributed by atoms with Crippen molar-refractivity contribution >= 4 is 5.91 Å². The van der Waals surface area contributed by atoms with E-state index in [0.717, 1.165) is 33.9 Å². The number of carbonyl (C=O) groups is 1. The zero-order valence-electron chi connectivity index (χ0n) is 16.3. The summed E-state index contributed by atoms with van der Waals surface area (Å²) in [5.41, 5.74) is 5.38. The maximum Gasteiger partial charge on any atom is 0.251 e. The Hall–Kier alpha value is -3.09. The van der Waals surface area contributed by atoms with Crippen LogP contribution in [0.2, 0.25) is 0 Å². The van der Waals surface area contributed by atoms with Crippen molar-refractivity contribution in [1.29, 1.82) is 0 Å². The monoisotopic (exact) mass is 364 g/mol. The number of carbonyl (C=O) groups excluding carboxylic acids is 1. The molecule has 1 atom stereocenters. The molecule has 3 aromatic heterocycles. The van der Waals surface area contributed by atoms with Crippen molar-refractivity contribution in [2.75, 3.05) is 0 Å². The molecule has 0 aliphatic rings. The van der Waals surface area contributed by atoms with Crippen molar-refractivity contribution in [2.45, 2.75) is 47.1 Å². The van der Waals surface area contributed by atoms with E-state index in [1.54, 1.807) is 17.1 Å². The third-order valence-corrected chi connectivity index (χ3v) is 4.52. The van der Waals surface area contributed by atoms with Crippen LogP contribution >= 0.6 is 0 Å². The fourth-order valence-electron chi connectivity index (χ4n) is 3.12. The number of nitrogens with one attached hydrogen (secondary N) is 1. The maximum atomic E-state index is 12.6. The second kappa shape index (κ2) is 7.65. The Bertz CT molecular complexity index is 944. The second-order valence-electron chi connectivity index (χ2n) is 6.76. The lowest BCUT2D eigenvalue weighted by Crippen LogP contribution is -2.28. The van der Waals surface area contributed by atoms with Crippen LogP contribution in [-0.4, -0.2) is 30.6 Å². The van der Waals surface area contributed by atoms with E-state index < -0.39 is 0 Å². The van der Waals surface area contributed by atoms with Gasteiger partial charge in [-0.3, -0.25) is 9.78 Å².